The smallest absolute Gasteiger partial charge is 0.412 e. The van der Waals surface area contributed by atoms with Gasteiger partial charge in [-0.3, -0.25) is 5.32 Å². The van der Waals surface area contributed by atoms with Gasteiger partial charge in [0.2, 0.25) is 0 Å². The molecule has 1 aliphatic rings. The molecule has 0 bridgehead atoms. The van der Waals surface area contributed by atoms with Gasteiger partial charge < -0.3 is 9.47 Å². The van der Waals surface area contributed by atoms with E-state index in [0.717, 1.165) is 5.56 Å². The fraction of sp³-hybridized carbons (Fsp3) is 0.467. The lowest BCUT2D eigenvalue weighted by molar-refractivity contribution is 0.00951. The molecule has 0 aromatic heterocycles. The first-order valence-electron chi connectivity index (χ1n) is 6.46. The molecule has 0 saturated heterocycles. The summed E-state index contributed by atoms with van der Waals surface area (Å²) >= 11 is 0. The van der Waals surface area contributed by atoms with E-state index in [1.54, 1.807) is 39.0 Å². The van der Waals surface area contributed by atoms with Crippen molar-refractivity contribution in [1.82, 2.24) is 0 Å². The molecule has 0 atom stereocenters. The number of amides is 1. The first-order valence-corrected chi connectivity index (χ1v) is 6.46. The van der Waals surface area contributed by atoms with Crippen LogP contribution in [0.1, 0.15) is 50.5 Å². The lowest BCUT2D eigenvalue weighted by Gasteiger charge is -2.20. The molecular formula is C15H19NO4. The number of rotatable bonds is 1. The van der Waals surface area contributed by atoms with E-state index in [0.29, 0.717) is 11.3 Å². The summed E-state index contributed by atoms with van der Waals surface area (Å²) in [4.78, 5) is 23.4. The van der Waals surface area contributed by atoms with Crippen molar-refractivity contribution in [3.8, 4) is 0 Å². The van der Waals surface area contributed by atoms with Crippen LogP contribution in [0.15, 0.2) is 18.2 Å². The van der Waals surface area contributed by atoms with E-state index < -0.39 is 17.3 Å². The van der Waals surface area contributed by atoms with Gasteiger partial charge in [0.05, 0.1) is 5.56 Å². The second-order valence-electron chi connectivity index (χ2n) is 6.29. The van der Waals surface area contributed by atoms with Gasteiger partial charge in [0.25, 0.3) is 0 Å². The van der Waals surface area contributed by atoms with Crippen molar-refractivity contribution >= 4 is 17.7 Å². The van der Waals surface area contributed by atoms with Gasteiger partial charge in [0.1, 0.15) is 11.2 Å². The van der Waals surface area contributed by atoms with Crippen LogP contribution in [-0.4, -0.2) is 17.7 Å². The minimum Gasteiger partial charge on any atom is -0.451 e. The number of carbonyl (C=O) groups is 2. The van der Waals surface area contributed by atoms with E-state index in [4.69, 9.17) is 9.47 Å². The third kappa shape index (κ3) is 2.92. The minimum atomic E-state index is -0.683. The van der Waals surface area contributed by atoms with E-state index in [1.807, 2.05) is 13.8 Å². The Balaban J connectivity index is 2.21. The molecule has 1 aromatic rings. The largest absolute Gasteiger partial charge is 0.451 e. The first-order chi connectivity index (χ1) is 9.08. The molecule has 0 unspecified atom stereocenters. The number of hydrogen-bond donors (Lipinski definition) is 1. The number of nitrogens with one attached hydrogen (secondary N) is 1. The molecule has 5 heteroatoms. The standard InChI is InChI=1S/C15H19NO4/c1-14(2,3)20-13(18)16-9-6-7-10-11(8-9)15(4,5)19-12(10)17/h6-8H,1-5H3,(H,16,18). The number of hydrogen-bond acceptors (Lipinski definition) is 4. The summed E-state index contributed by atoms with van der Waals surface area (Å²) in [6, 6.07) is 5.05. The van der Waals surface area contributed by atoms with Gasteiger partial charge in [-0.2, -0.15) is 0 Å². The summed E-state index contributed by atoms with van der Waals surface area (Å²) in [7, 11) is 0. The van der Waals surface area contributed by atoms with E-state index in [2.05, 4.69) is 5.32 Å². The highest BCUT2D eigenvalue weighted by atomic mass is 16.6. The summed E-state index contributed by atoms with van der Waals surface area (Å²) in [6.45, 7) is 9.02. The van der Waals surface area contributed by atoms with Gasteiger partial charge >= 0.3 is 12.1 Å². The van der Waals surface area contributed by atoms with Crippen LogP contribution in [0.3, 0.4) is 0 Å². The normalized spacial score (nSPS) is 16.4. The van der Waals surface area contributed by atoms with Crippen LogP contribution in [-0.2, 0) is 15.1 Å². The Morgan fingerprint density at radius 2 is 1.95 bits per heavy atom. The second kappa shape index (κ2) is 4.51. The molecule has 108 valence electrons. The Morgan fingerprint density at radius 3 is 2.55 bits per heavy atom. The lowest BCUT2D eigenvalue weighted by Crippen LogP contribution is -2.27. The van der Waals surface area contributed by atoms with Gasteiger partial charge in [-0.15, -0.1) is 0 Å². The molecule has 1 heterocycles. The highest BCUT2D eigenvalue weighted by Gasteiger charge is 2.37. The van der Waals surface area contributed by atoms with Gasteiger partial charge in [-0.05, 0) is 52.8 Å². The molecule has 5 nitrogen and oxygen atoms in total. The number of anilines is 1. The maximum Gasteiger partial charge on any atom is 0.412 e. The maximum absolute atomic E-state index is 11.7. The summed E-state index contributed by atoms with van der Waals surface area (Å²) in [5.41, 5.74) is 0.627. The number of cyclic esters (lactones) is 1. The Bertz CT molecular complexity index is 570. The molecule has 0 saturated carbocycles. The van der Waals surface area contributed by atoms with E-state index >= 15 is 0 Å². The quantitative estimate of drug-likeness (QED) is 0.799. The van der Waals surface area contributed by atoms with Gasteiger partial charge in [-0.1, -0.05) is 0 Å². The first kappa shape index (κ1) is 14.4. The summed E-state index contributed by atoms with van der Waals surface area (Å²) in [5, 5.41) is 2.65. The number of fused-ring (bicyclic) bond motifs is 1. The minimum absolute atomic E-state index is 0.339. The van der Waals surface area contributed by atoms with Crippen molar-refractivity contribution in [1.29, 1.82) is 0 Å². The summed E-state index contributed by atoms with van der Waals surface area (Å²) < 4.78 is 10.5. The summed E-state index contributed by atoms with van der Waals surface area (Å²) in [5.74, 6) is -0.339. The highest BCUT2D eigenvalue weighted by Crippen LogP contribution is 2.37. The van der Waals surface area contributed by atoms with E-state index in [1.165, 1.54) is 0 Å². The molecule has 20 heavy (non-hydrogen) atoms. The second-order valence-corrected chi connectivity index (χ2v) is 6.29. The Hall–Kier alpha value is -2.04. The SMILES string of the molecule is CC(C)(C)OC(=O)Nc1ccc2c(c1)C(C)(C)OC2=O. The van der Waals surface area contributed by atoms with Gasteiger partial charge in [-0.25, -0.2) is 9.59 Å². The Morgan fingerprint density at radius 1 is 1.30 bits per heavy atom. The average molecular weight is 277 g/mol. The van der Waals surface area contributed by atoms with Crippen LogP contribution in [0, 0.1) is 0 Å². The fourth-order valence-corrected chi connectivity index (χ4v) is 2.06. The molecule has 0 aliphatic carbocycles. The van der Waals surface area contributed by atoms with Crippen LogP contribution in [0.5, 0.6) is 0 Å². The Labute approximate surface area is 118 Å². The van der Waals surface area contributed by atoms with Crippen molar-refractivity contribution in [2.24, 2.45) is 0 Å². The zero-order valence-electron chi connectivity index (χ0n) is 12.4. The van der Waals surface area contributed by atoms with Gasteiger partial charge in [0.15, 0.2) is 0 Å². The monoisotopic (exact) mass is 277 g/mol. The molecule has 2 rings (SSSR count). The Kier molecular flexibility index (Phi) is 3.24. The number of carbonyl (C=O) groups excluding carboxylic acids is 2. The van der Waals surface area contributed by atoms with E-state index in [-0.39, 0.29) is 5.97 Å². The van der Waals surface area contributed by atoms with Crippen molar-refractivity contribution in [3.63, 3.8) is 0 Å². The highest BCUT2D eigenvalue weighted by molar-refractivity contribution is 5.96. The fourth-order valence-electron chi connectivity index (χ4n) is 2.06. The third-order valence-corrected chi connectivity index (χ3v) is 2.88. The zero-order chi connectivity index (χ0) is 15.1. The number of esters is 1. The van der Waals surface area contributed by atoms with Crippen LogP contribution >= 0.6 is 0 Å². The topological polar surface area (TPSA) is 64.6 Å². The van der Waals surface area contributed by atoms with Crippen molar-refractivity contribution in [2.75, 3.05) is 5.32 Å². The van der Waals surface area contributed by atoms with Crippen LogP contribution in [0.25, 0.3) is 0 Å². The van der Waals surface area contributed by atoms with Crippen molar-refractivity contribution in [3.05, 3.63) is 29.3 Å². The van der Waals surface area contributed by atoms with E-state index in [9.17, 15) is 9.59 Å². The van der Waals surface area contributed by atoms with Gasteiger partial charge in [0, 0.05) is 11.3 Å². The lowest BCUT2D eigenvalue weighted by atomic mass is 9.95. The van der Waals surface area contributed by atoms with Crippen molar-refractivity contribution < 1.29 is 19.1 Å². The molecule has 0 fully saturated rings. The number of ether oxygens (including phenoxy) is 2. The predicted octanol–water partition coefficient (Wildman–Crippen LogP) is 3.44. The summed E-state index contributed by atoms with van der Waals surface area (Å²) in [6.07, 6.45) is -0.527. The molecule has 0 spiro atoms. The third-order valence-electron chi connectivity index (χ3n) is 2.88. The van der Waals surface area contributed by atoms with Crippen LogP contribution in [0.2, 0.25) is 0 Å². The van der Waals surface area contributed by atoms with Crippen LogP contribution < -0.4 is 5.32 Å². The maximum atomic E-state index is 11.7. The molecule has 1 aliphatic heterocycles. The molecule has 1 amide bonds. The van der Waals surface area contributed by atoms with Crippen molar-refractivity contribution in [2.45, 2.75) is 45.8 Å². The number of benzene rings is 1. The molecular weight excluding hydrogens is 258 g/mol. The molecule has 0 radical (unpaired) electrons. The molecule has 1 N–H and O–H groups in total. The molecule has 1 aromatic carbocycles. The average Bonchev–Trinajstić information content (AvgIpc) is 2.46. The predicted molar refractivity (Wildman–Crippen MR) is 74.7 cm³/mol. The zero-order valence-corrected chi connectivity index (χ0v) is 12.4. The van der Waals surface area contributed by atoms with Crippen LogP contribution in [0.4, 0.5) is 10.5 Å².